The molecule has 2 fully saturated rings. The Kier molecular flexibility index (Phi) is 4.33. The van der Waals surface area contributed by atoms with Crippen molar-refractivity contribution in [3.05, 3.63) is 24.3 Å². The summed E-state index contributed by atoms with van der Waals surface area (Å²) in [5.74, 6) is 1.05. The van der Waals surface area contributed by atoms with Crippen molar-refractivity contribution in [3.63, 3.8) is 0 Å². The number of piperidine rings is 1. The van der Waals surface area contributed by atoms with Crippen molar-refractivity contribution in [2.24, 2.45) is 5.92 Å². The summed E-state index contributed by atoms with van der Waals surface area (Å²) in [6, 6.07) is 2.19. The van der Waals surface area contributed by atoms with Crippen LogP contribution >= 0.6 is 0 Å². The number of hydrogen-bond acceptors (Lipinski definition) is 6. The minimum atomic E-state index is 0.471. The van der Waals surface area contributed by atoms with E-state index in [1.807, 2.05) is 6.20 Å². The van der Waals surface area contributed by atoms with Gasteiger partial charge in [-0.15, -0.1) is 0 Å². The van der Waals surface area contributed by atoms with E-state index >= 15 is 0 Å². The Morgan fingerprint density at radius 2 is 1.96 bits per heavy atom. The third-order valence-corrected chi connectivity index (χ3v) is 5.49. The molecule has 2 aliphatic rings. The number of fused-ring (bicyclic) bond motifs is 1. The number of piperazine rings is 1. The zero-order valence-corrected chi connectivity index (χ0v) is 14.6. The molecule has 4 heterocycles. The molecule has 2 saturated heterocycles. The highest BCUT2D eigenvalue weighted by atomic mass is 15.2. The fourth-order valence-corrected chi connectivity index (χ4v) is 3.88. The summed E-state index contributed by atoms with van der Waals surface area (Å²) in [4.78, 5) is 18.7. The van der Waals surface area contributed by atoms with Crippen molar-refractivity contribution < 1.29 is 0 Å². The molecule has 1 N–H and O–H groups in total. The van der Waals surface area contributed by atoms with Gasteiger partial charge in [0.25, 0.3) is 0 Å². The number of nitrogens with zero attached hydrogens (tertiary/aromatic N) is 5. The van der Waals surface area contributed by atoms with Crippen molar-refractivity contribution in [1.82, 2.24) is 25.2 Å². The predicted octanol–water partition coefficient (Wildman–Crippen LogP) is 1.49. The van der Waals surface area contributed by atoms with Gasteiger partial charge in [-0.1, -0.05) is 6.92 Å². The quantitative estimate of drug-likeness (QED) is 0.902. The normalized spacial score (nSPS) is 26.0. The Morgan fingerprint density at radius 3 is 2.75 bits per heavy atom. The minimum Gasteiger partial charge on any atom is -0.368 e. The molecule has 2 unspecified atom stereocenters. The molecule has 4 rings (SSSR count). The molecule has 2 aromatic rings. The standard InChI is InChI=1S/C18H26N6/c1-13-10-19-4-3-15(13)17-18-16(21-12-22-17)9-14(11-20-18)24-7-5-23(2)6-8-24/h9,11-13,15,19H,3-8,10H2,1-2H3. The van der Waals surface area contributed by atoms with E-state index in [9.17, 15) is 0 Å². The lowest BCUT2D eigenvalue weighted by Crippen LogP contribution is -2.44. The van der Waals surface area contributed by atoms with Crippen LogP contribution in [0.3, 0.4) is 0 Å². The van der Waals surface area contributed by atoms with Crippen molar-refractivity contribution >= 4 is 16.7 Å². The molecule has 0 saturated carbocycles. The van der Waals surface area contributed by atoms with Gasteiger partial charge in [-0.3, -0.25) is 4.98 Å². The molecule has 0 aromatic carbocycles. The van der Waals surface area contributed by atoms with E-state index in [1.54, 1.807) is 6.33 Å². The maximum atomic E-state index is 4.78. The summed E-state index contributed by atoms with van der Waals surface area (Å²) >= 11 is 0. The molecule has 0 amide bonds. The maximum Gasteiger partial charge on any atom is 0.116 e. The zero-order chi connectivity index (χ0) is 16.5. The average molecular weight is 326 g/mol. The Balaban J connectivity index is 1.66. The van der Waals surface area contributed by atoms with E-state index in [4.69, 9.17) is 4.98 Å². The number of anilines is 1. The summed E-state index contributed by atoms with van der Waals surface area (Å²) in [6.45, 7) is 8.69. The second kappa shape index (κ2) is 6.61. The van der Waals surface area contributed by atoms with E-state index in [2.05, 4.69) is 45.1 Å². The van der Waals surface area contributed by atoms with Crippen molar-refractivity contribution in [3.8, 4) is 0 Å². The van der Waals surface area contributed by atoms with Gasteiger partial charge < -0.3 is 15.1 Å². The van der Waals surface area contributed by atoms with E-state index in [0.29, 0.717) is 11.8 Å². The monoisotopic (exact) mass is 326 g/mol. The third-order valence-electron chi connectivity index (χ3n) is 5.49. The van der Waals surface area contributed by atoms with Crippen LogP contribution in [0.15, 0.2) is 18.6 Å². The second-order valence-electron chi connectivity index (χ2n) is 7.19. The van der Waals surface area contributed by atoms with Gasteiger partial charge >= 0.3 is 0 Å². The summed E-state index contributed by atoms with van der Waals surface area (Å²) in [5, 5.41) is 3.46. The third kappa shape index (κ3) is 2.96. The molecular weight excluding hydrogens is 300 g/mol. The van der Waals surface area contributed by atoms with Crippen molar-refractivity contribution in [1.29, 1.82) is 0 Å². The van der Waals surface area contributed by atoms with Crippen LogP contribution in [0.2, 0.25) is 0 Å². The number of rotatable bonds is 2. The van der Waals surface area contributed by atoms with E-state index in [1.165, 1.54) is 5.69 Å². The first-order valence-corrected chi connectivity index (χ1v) is 8.97. The molecule has 0 radical (unpaired) electrons. The Hall–Kier alpha value is -1.79. The lowest BCUT2D eigenvalue weighted by Gasteiger charge is -2.34. The van der Waals surface area contributed by atoms with Gasteiger partial charge in [0, 0.05) is 32.1 Å². The molecule has 0 bridgehead atoms. The molecular formula is C18H26N6. The van der Waals surface area contributed by atoms with Crippen molar-refractivity contribution in [2.45, 2.75) is 19.3 Å². The molecule has 0 aliphatic carbocycles. The largest absolute Gasteiger partial charge is 0.368 e. The number of aromatic nitrogens is 3. The van der Waals surface area contributed by atoms with Gasteiger partial charge in [0.15, 0.2) is 0 Å². The highest BCUT2D eigenvalue weighted by Crippen LogP contribution is 2.32. The van der Waals surface area contributed by atoms with E-state index in [-0.39, 0.29) is 0 Å². The summed E-state index contributed by atoms with van der Waals surface area (Å²) in [6.07, 6.45) is 4.84. The molecule has 128 valence electrons. The molecule has 2 aromatic heterocycles. The second-order valence-corrected chi connectivity index (χ2v) is 7.19. The van der Waals surface area contributed by atoms with Gasteiger partial charge in [0.05, 0.1) is 23.1 Å². The molecule has 6 heteroatoms. The highest BCUT2D eigenvalue weighted by molar-refractivity contribution is 5.80. The van der Waals surface area contributed by atoms with Crippen LogP contribution in [0, 0.1) is 5.92 Å². The average Bonchev–Trinajstić information content (AvgIpc) is 2.62. The summed E-state index contributed by atoms with van der Waals surface area (Å²) in [5.41, 5.74) is 4.26. The van der Waals surface area contributed by atoms with Crippen LogP contribution in [0.1, 0.15) is 25.0 Å². The molecule has 0 spiro atoms. The van der Waals surface area contributed by atoms with Crippen LogP contribution in [0.25, 0.3) is 11.0 Å². The van der Waals surface area contributed by atoms with Crippen LogP contribution in [-0.4, -0.2) is 66.2 Å². The van der Waals surface area contributed by atoms with Crippen LogP contribution in [-0.2, 0) is 0 Å². The van der Waals surface area contributed by atoms with Crippen LogP contribution in [0.5, 0.6) is 0 Å². The van der Waals surface area contributed by atoms with Gasteiger partial charge in [0.1, 0.15) is 11.8 Å². The summed E-state index contributed by atoms with van der Waals surface area (Å²) in [7, 11) is 2.18. The number of likely N-dealkylation sites (N-methyl/N-ethyl adjacent to an activating group) is 1. The lowest BCUT2D eigenvalue weighted by molar-refractivity contribution is 0.313. The first kappa shape index (κ1) is 15.7. The molecule has 6 nitrogen and oxygen atoms in total. The number of nitrogens with one attached hydrogen (secondary N) is 1. The fourth-order valence-electron chi connectivity index (χ4n) is 3.88. The van der Waals surface area contributed by atoms with Crippen molar-refractivity contribution in [2.75, 3.05) is 51.2 Å². The zero-order valence-electron chi connectivity index (χ0n) is 14.6. The van der Waals surface area contributed by atoms with Gasteiger partial charge in [-0.25, -0.2) is 9.97 Å². The number of hydrogen-bond donors (Lipinski definition) is 1. The molecule has 24 heavy (non-hydrogen) atoms. The van der Waals surface area contributed by atoms with Gasteiger partial charge in [0.2, 0.25) is 0 Å². The topological polar surface area (TPSA) is 57.2 Å². The molecule has 2 atom stereocenters. The Labute approximate surface area is 143 Å². The first-order valence-electron chi connectivity index (χ1n) is 8.97. The highest BCUT2D eigenvalue weighted by Gasteiger charge is 2.26. The van der Waals surface area contributed by atoms with Crippen LogP contribution in [0.4, 0.5) is 5.69 Å². The van der Waals surface area contributed by atoms with Crippen LogP contribution < -0.4 is 10.2 Å². The van der Waals surface area contributed by atoms with Gasteiger partial charge in [-0.2, -0.15) is 0 Å². The predicted molar refractivity (Wildman–Crippen MR) is 96.4 cm³/mol. The number of pyridine rings is 1. The van der Waals surface area contributed by atoms with E-state index in [0.717, 1.165) is 62.4 Å². The maximum absolute atomic E-state index is 4.78. The lowest BCUT2D eigenvalue weighted by atomic mass is 9.84. The smallest absolute Gasteiger partial charge is 0.116 e. The Bertz CT molecular complexity index is 710. The fraction of sp³-hybridized carbons (Fsp3) is 0.611. The minimum absolute atomic E-state index is 0.471. The first-order chi connectivity index (χ1) is 11.7. The van der Waals surface area contributed by atoms with Gasteiger partial charge in [-0.05, 0) is 38.5 Å². The van der Waals surface area contributed by atoms with E-state index < -0.39 is 0 Å². The summed E-state index contributed by atoms with van der Waals surface area (Å²) < 4.78 is 0. The SMILES string of the molecule is CC1CNCCC1c1ncnc2cc(N3CCN(C)CC3)cnc12. The Morgan fingerprint density at radius 1 is 1.12 bits per heavy atom. The molecule has 2 aliphatic heterocycles.